The minimum absolute atomic E-state index is 0.0813. The molecule has 0 aromatic heterocycles. The van der Waals surface area contributed by atoms with Gasteiger partial charge in [0.25, 0.3) is 0 Å². The molecular weight excluding hydrogens is 154 g/mol. The summed E-state index contributed by atoms with van der Waals surface area (Å²) in [5.74, 6) is 5.35. The maximum absolute atomic E-state index is 7.02. The highest BCUT2D eigenvalue weighted by Gasteiger charge is 2.03. The topological polar surface area (TPSA) is 82.4 Å². The van der Waals surface area contributed by atoms with Crippen molar-refractivity contribution in [1.82, 2.24) is 9.91 Å². The van der Waals surface area contributed by atoms with Crippen LogP contribution in [0.15, 0.2) is 0 Å². The molecule has 0 saturated heterocycles. The fraction of sp³-hybridized carbons (Fsp3) is 0.857. The summed E-state index contributed by atoms with van der Waals surface area (Å²) in [5.41, 5.74) is 5.17. The lowest BCUT2D eigenvalue weighted by molar-refractivity contribution is 0.268. The quantitative estimate of drug-likeness (QED) is 0.224. The van der Waals surface area contributed by atoms with E-state index in [0.717, 1.165) is 19.6 Å². The van der Waals surface area contributed by atoms with Crippen LogP contribution < -0.4 is 11.6 Å². The summed E-state index contributed by atoms with van der Waals surface area (Å²) in [6.45, 7) is 7.65. The Kier molecular flexibility index (Phi) is 5.40. The molecule has 0 radical (unpaired) electrons. The molecule has 0 fully saturated rings. The Morgan fingerprint density at radius 3 is 2.08 bits per heavy atom. The predicted molar refractivity (Wildman–Crippen MR) is 50.6 cm³/mol. The fourth-order valence-corrected chi connectivity index (χ4v) is 0.909. The number of likely N-dealkylation sites (N-methyl/N-ethyl adjacent to an activating group) is 1. The van der Waals surface area contributed by atoms with Crippen molar-refractivity contribution in [3.05, 3.63) is 0 Å². The van der Waals surface area contributed by atoms with Crippen LogP contribution in [0.5, 0.6) is 0 Å². The molecule has 0 spiro atoms. The zero-order chi connectivity index (χ0) is 9.56. The highest BCUT2D eigenvalue weighted by Crippen LogP contribution is 1.86. The molecule has 0 rings (SSSR count). The van der Waals surface area contributed by atoms with E-state index in [2.05, 4.69) is 18.7 Å². The molecule has 0 aliphatic heterocycles. The van der Waals surface area contributed by atoms with Gasteiger partial charge in [0.05, 0.1) is 0 Å². The van der Waals surface area contributed by atoms with Gasteiger partial charge >= 0.3 is 0 Å². The molecule has 72 valence electrons. The van der Waals surface area contributed by atoms with Gasteiger partial charge in [0, 0.05) is 13.1 Å². The molecule has 0 aliphatic rings. The normalized spacial score (nSPS) is 10.3. The fourth-order valence-electron chi connectivity index (χ4n) is 0.909. The Balaban J connectivity index is 3.58. The summed E-state index contributed by atoms with van der Waals surface area (Å²) in [6, 6.07) is 0. The summed E-state index contributed by atoms with van der Waals surface area (Å²) in [5, 5.41) is 8.27. The van der Waals surface area contributed by atoms with Crippen molar-refractivity contribution < 1.29 is 0 Å². The summed E-state index contributed by atoms with van der Waals surface area (Å²) in [4.78, 5) is 2.22. The van der Waals surface area contributed by atoms with Gasteiger partial charge in [-0.25, -0.2) is 5.84 Å². The summed E-state index contributed by atoms with van der Waals surface area (Å²) in [6.07, 6.45) is 0. The van der Waals surface area contributed by atoms with Gasteiger partial charge in [0.2, 0.25) is 5.96 Å². The number of guanidine groups is 1. The molecule has 0 atom stereocenters. The summed E-state index contributed by atoms with van der Waals surface area (Å²) in [7, 11) is 0. The van der Waals surface area contributed by atoms with E-state index in [0.29, 0.717) is 6.54 Å². The lowest BCUT2D eigenvalue weighted by Crippen LogP contribution is -2.46. The Hall–Kier alpha value is -0.810. The Morgan fingerprint density at radius 1 is 1.25 bits per heavy atom. The van der Waals surface area contributed by atoms with Crippen LogP contribution >= 0.6 is 0 Å². The molecule has 5 nitrogen and oxygen atoms in total. The minimum Gasteiger partial charge on any atom is -0.369 e. The van der Waals surface area contributed by atoms with Gasteiger partial charge in [0.15, 0.2) is 0 Å². The average Bonchev–Trinajstić information content (AvgIpc) is 2.05. The molecule has 0 amide bonds. The predicted octanol–water partition coefficient (Wildman–Crippen LogP) is -0.603. The van der Waals surface area contributed by atoms with E-state index >= 15 is 0 Å². The third-order valence-corrected chi connectivity index (χ3v) is 1.86. The second-order valence-corrected chi connectivity index (χ2v) is 2.61. The molecule has 0 heterocycles. The van der Waals surface area contributed by atoms with Crippen LogP contribution in [0.3, 0.4) is 0 Å². The summed E-state index contributed by atoms with van der Waals surface area (Å²) >= 11 is 0. The van der Waals surface area contributed by atoms with E-state index in [9.17, 15) is 0 Å². The molecule has 0 saturated carbocycles. The van der Waals surface area contributed by atoms with Crippen LogP contribution in [-0.2, 0) is 0 Å². The van der Waals surface area contributed by atoms with Crippen LogP contribution in [0.2, 0.25) is 0 Å². The zero-order valence-electron chi connectivity index (χ0n) is 7.88. The Bertz CT molecular complexity index is 132. The first-order chi connectivity index (χ1) is 5.61. The van der Waals surface area contributed by atoms with Crippen LogP contribution in [0.4, 0.5) is 0 Å². The molecule has 12 heavy (non-hydrogen) atoms. The minimum atomic E-state index is -0.0813. The van der Waals surface area contributed by atoms with Gasteiger partial charge < -0.3 is 10.6 Å². The van der Waals surface area contributed by atoms with Crippen molar-refractivity contribution in [2.45, 2.75) is 13.8 Å². The Labute approximate surface area is 73.8 Å². The van der Waals surface area contributed by atoms with E-state index in [1.807, 2.05) is 0 Å². The average molecular weight is 173 g/mol. The molecule has 5 heteroatoms. The number of rotatable bonds is 5. The van der Waals surface area contributed by atoms with Gasteiger partial charge in [0.1, 0.15) is 0 Å². The molecule has 0 aliphatic carbocycles. The lowest BCUT2D eigenvalue weighted by Gasteiger charge is -2.22. The standard InChI is InChI=1S/C7H19N5/c1-3-11(4-2)5-6-12(10)7(8)9/h3-6,10H2,1-2H3,(H3,8,9). The molecule has 0 bridgehead atoms. The molecular formula is C7H19N5. The zero-order valence-corrected chi connectivity index (χ0v) is 7.88. The molecule has 0 aromatic carbocycles. The maximum atomic E-state index is 7.02. The van der Waals surface area contributed by atoms with E-state index in [1.54, 1.807) is 0 Å². The third kappa shape index (κ3) is 4.15. The van der Waals surface area contributed by atoms with Crippen LogP contribution in [0.1, 0.15) is 13.8 Å². The smallest absolute Gasteiger partial charge is 0.202 e. The SMILES string of the molecule is CCN(CC)CCN(N)C(=N)N. The van der Waals surface area contributed by atoms with Crippen molar-refractivity contribution >= 4 is 5.96 Å². The number of hydrogen-bond acceptors (Lipinski definition) is 3. The van der Waals surface area contributed by atoms with Gasteiger partial charge in [-0.2, -0.15) is 0 Å². The van der Waals surface area contributed by atoms with Gasteiger partial charge in [-0.15, -0.1) is 0 Å². The van der Waals surface area contributed by atoms with Crippen molar-refractivity contribution in [3.63, 3.8) is 0 Å². The highest BCUT2D eigenvalue weighted by molar-refractivity contribution is 5.73. The number of nitrogens with two attached hydrogens (primary N) is 2. The van der Waals surface area contributed by atoms with Crippen LogP contribution in [0.25, 0.3) is 0 Å². The number of nitrogens with zero attached hydrogens (tertiary/aromatic N) is 2. The van der Waals surface area contributed by atoms with Crippen molar-refractivity contribution in [3.8, 4) is 0 Å². The van der Waals surface area contributed by atoms with Gasteiger partial charge in [-0.3, -0.25) is 10.4 Å². The Morgan fingerprint density at radius 2 is 1.75 bits per heavy atom. The van der Waals surface area contributed by atoms with Crippen molar-refractivity contribution in [1.29, 1.82) is 5.41 Å². The van der Waals surface area contributed by atoms with E-state index in [4.69, 9.17) is 17.0 Å². The second kappa shape index (κ2) is 5.79. The first-order valence-corrected chi connectivity index (χ1v) is 4.20. The van der Waals surface area contributed by atoms with E-state index < -0.39 is 0 Å². The monoisotopic (exact) mass is 173 g/mol. The first kappa shape index (κ1) is 11.2. The van der Waals surface area contributed by atoms with Crippen LogP contribution in [-0.4, -0.2) is 42.0 Å². The van der Waals surface area contributed by atoms with E-state index in [1.165, 1.54) is 5.01 Å². The van der Waals surface area contributed by atoms with Crippen molar-refractivity contribution in [2.75, 3.05) is 26.2 Å². The molecule has 0 unspecified atom stereocenters. The molecule has 0 aromatic rings. The second-order valence-electron chi connectivity index (χ2n) is 2.61. The number of hydrogen-bond donors (Lipinski definition) is 3. The molecule has 5 N–H and O–H groups in total. The largest absolute Gasteiger partial charge is 0.369 e. The van der Waals surface area contributed by atoms with Gasteiger partial charge in [-0.05, 0) is 13.1 Å². The highest BCUT2D eigenvalue weighted by atomic mass is 15.5. The summed E-state index contributed by atoms with van der Waals surface area (Å²) < 4.78 is 0. The van der Waals surface area contributed by atoms with Crippen molar-refractivity contribution in [2.24, 2.45) is 11.6 Å². The lowest BCUT2D eigenvalue weighted by atomic mass is 10.4. The first-order valence-electron chi connectivity index (χ1n) is 4.20. The number of nitrogens with one attached hydrogen (secondary N) is 1. The van der Waals surface area contributed by atoms with Gasteiger partial charge in [-0.1, -0.05) is 13.8 Å². The maximum Gasteiger partial charge on any atom is 0.202 e. The number of hydrazine groups is 1. The third-order valence-electron chi connectivity index (χ3n) is 1.86. The van der Waals surface area contributed by atoms with E-state index in [-0.39, 0.29) is 5.96 Å². The van der Waals surface area contributed by atoms with Crippen LogP contribution in [0, 0.1) is 5.41 Å².